The van der Waals surface area contributed by atoms with Crippen LogP contribution >= 0.6 is 0 Å². The van der Waals surface area contributed by atoms with Gasteiger partial charge in [0.2, 0.25) is 0 Å². The second-order valence-electron chi connectivity index (χ2n) is 5.99. The van der Waals surface area contributed by atoms with Gasteiger partial charge in [-0.2, -0.15) is 0 Å². The molecule has 0 unspecified atom stereocenters. The normalized spacial score (nSPS) is 14.5. The summed E-state index contributed by atoms with van der Waals surface area (Å²) in [6.07, 6.45) is 0. The van der Waals surface area contributed by atoms with Crippen LogP contribution in [-0.2, 0) is 4.79 Å². The molecule has 24 heavy (non-hydrogen) atoms. The predicted molar refractivity (Wildman–Crippen MR) is 93.6 cm³/mol. The number of rotatable bonds is 4. The van der Waals surface area contributed by atoms with E-state index in [0.29, 0.717) is 18.8 Å². The van der Waals surface area contributed by atoms with Gasteiger partial charge < -0.3 is 19.6 Å². The van der Waals surface area contributed by atoms with E-state index in [0.717, 1.165) is 13.1 Å². The molecule has 0 saturated carbocycles. The first kappa shape index (κ1) is 16.2. The Morgan fingerprint density at radius 2 is 1.83 bits per heavy atom. The van der Waals surface area contributed by atoms with Gasteiger partial charge in [0.15, 0.2) is 6.61 Å². The molecule has 126 valence electrons. The molecule has 5 nitrogen and oxygen atoms in total. The Balaban J connectivity index is 1.50. The molecule has 0 bridgehead atoms. The highest BCUT2D eigenvalue weighted by molar-refractivity contribution is 5.78. The van der Waals surface area contributed by atoms with Crippen molar-refractivity contribution >= 4 is 11.6 Å². The van der Waals surface area contributed by atoms with Gasteiger partial charge in [0, 0.05) is 37.9 Å². The van der Waals surface area contributed by atoms with Crippen LogP contribution in [0.5, 0.6) is 11.5 Å². The molecule has 1 N–H and O–H groups in total. The monoisotopic (exact) mass is 326 g/mol. The molecule has 0 spiro atoms. The van der Waals surface area contributed by atoms with Crippen LogP contribution in [-0.4, -0.2) is 48.7 Å². The molecule has 1 amide bonds. The van der Waals surface area contributed by atoms with Crippen LogP contribution in [0.3, 0.4) is 0 Å². The van der Waals surface area contributed by atoms with Gasteiger partial charge in [0.05, 0.1) is 0 Å². The molecule has 0 radical (unpaired) electrons. The van der Waals surface area contributed by atoms with Gasteiger partial charge in [0.25, 0.3) is 5.91 Å². The highest BCUT2D eigenvalue weighted by Crippen LogP contribution is 2.19. The SMILES string of the molecule is Cc1cccc(N2CCN(C(=O)COc3cccc(O)c3)CC2)c1. The summed E-state index contributed by atoms with van der Waals surface area (Å²) in [4.78, 5) is 16.4. The molecule has 2 aromatic rings. The van der Waals surface area contributed by atoms with E-state index >= 15 is 0 Å². The van der Waals surface area contributed by atoms with E-state index in [1.54, 1.807) is 18.2 Å². The second kappa shape index (κ2) is 7.25. The van der Waals surface area contributed by atoms with Gasteiger partial charge in [-0.1, -0.05) is 18.2 Å². The zero-order valence-corrected chi connectivity index (χ0v) is 13.8. The fourth-order valence-electron chi connectivity index (χ4n) is 2.85. The summed E-state index contributed by atoms with van der Waals surface area (Å²) in [6, 6.07) is 14.9. The molecule has 1 aliphatic rings. The van der Waals surface area contributed by atoms with Crippen molar-refractivity contribution in [1.29, 1.82) is 0 Å². The van der Waals surface area contributed by atoms with Crippen LogP contribution in [0.15, 0.2) is 48.5 Å². The Kier molecular flexibility index (Phi) is 4.89. The minimum Gasteiger partial charge on any atom is -0.508 e. The standard InChI is InChI=1S/C19H22N2O3/c1-15-4-2-5-16(12-15)20-8-10-21(11-9-20)19(23)14-24-18-7-3-6-17(22)13-18/h2-7,12-13,22H,8-11,14H2,1H3. The molecule has 1 saturated heterocycles. The molecular weight excluding hydrogens is 304 g/mol. The fraction of sp³-hybridized carbons (Fsp3) is 0.316. The van der Waals surface area contributed by atoms with E-state index in [1.807, 2.05) is 4.90 Å². The van der Waals surface area contributed by atoms with Crippen LogP contribution < -0.4 is 9.64 Å². The van der Waals surface area contributed by atoms with Crippen LogP contribution in [0.25, 0.3) is 0 Å². The van der Waals surface area contributed by atoms with E-state index in [1.165, 1.54) is 17.3 Å². The zero-order valence-electron chi connectivity index (χ0n) is 13.8. The Hall–Kier alpha value is -2.69. The lowest BCUT2D eigenvalue weighted by molar-refractivity contribution is -0.133. The van der Waals surface area contributed by atoms with Crippen molar-refractivity contribution in [3.63, 3.8) is 0 Å². The maximum absolute atomic E-state index is 12.3. The highest BCUT2D eigenvalue weighted by Gasteiger charge is 2.21. The summed E-state index contributed by atoms with van der Waals surface area (Å²) in [5.74, 6) is 0.607. The third-order valence-corrected chi connectivity index (χ3v) is 4.18. The minimum atomic E-state index is -0.0257. The van der Waals surface area contributed by atoms with Crippen molar-refractivity contribution in [2.24, 2.45) is 0 Å². The van der Waals surface area contributed by atoms with Gasteiger partial charge in [-0.25, -0.2) is 0 Å². The molecular formula is C19H22N2O3. The number of ether oxygens (including phenoxy) is 1. The summed E-state index contributed by atoms with van der Waals surface area (Å²) in [7, 11) is 0. The lowest BCUT2D eigenvalue weighted by Crippen LogP contribution is -2.50. The Labute approximate surface area is 142 Å². The van der Waals surface area contributed by atoms with Crippen molar-refractivity contribution in [2.45, 2.75) is 6.92 Å². The Bertz CT molecular complexity index is 709. The average molecular weight is 326 g/mol. The van der Waals surface area contributed by atoms with Gasteiger partial charge in [-0.3, -0.25) is 4.79 Å². The molecule has 0 atom stereocenters. The summed E-state index contributed by atoms with van der Waals surface area (Å²) in [5, 5.41) is 9.40. The van der Waals surface area contributed by atoms with Crippen molar-refractivity contribution in [1.82, 2.24) is 4.90 Å². The Morgan fingerprint density at radius 1 is 1.08 bits per heavy atom. The lowest BCUT2D eigenvalue weighted by atomic mass is 10.2. The molecule has 1 fully saturated rings. The van der Waals surface area contributed by atoms with Crippen LogP contribution in [0.1, 0.15) is 5.56 Å². The van der Waals surface area contributed by atoms with E-state index in [-0.39, 0.29) is 18.3 Å². The number of phenols is 1. The number of benzene rings is 2. The first-order chi connectivity index (χ1) is 11.6. The lowest BCUT2D eigenvalue weighted by Gasteiger charge is -2.36. The number of anilines is 1. The maximum Gasteiger partial charge on any atom is 0.260 e. The number of amides is 1. The summed E-state index contributed by atoms with van der Waals surface area (Å²) in [6.45, 7) is 5.10. The van der Waals surface area contributed by atoms with Crippen LogP contribution in [0, 0.1) is 6.92 Å². The van der Waals surface area contributed by atoms with Crippen LogP contribution in [0.4, 0.5) is 5.69 Å². The molecule has 2 aromatic carbocycles. The minimum absolute atomic E-state index is 0.00605. The second-order valence-corrected chi connectivity index (χ2v) is 5.99. The fourth-order valence-corrected chi connectivity index (χ4v) is 2.85. The quantitative estimate of drug-likeness (QED) is 0.937. The molecule has 5 heteroatoms. The van der Waals surface area contributed by atoms with Gasteiger partial charge in [-0.05, 0) is 36.8 Å². The van der Waals surface area contributed by atoms with E-state index in [9.17, 15) is 9.90 Å². The van der Waals surface area contributed by atoms with E-state index in [2.05, 4.69) is 36.1 Å². The number of phenolic OH excluding ortho intramolecular Hbond substituents is 1. The number of nitrogens with zero attached hydrogens (tertiary/aromatic N) is 2. The third kappa shape index (κ3) is 3.98. The smallest absolute Gasteiger partial charge is 0.260 e. The zero-order chi connectivity index (χ0) is 16.9. The molecule has 0 aliphatic carbocycles. The number of hydrogen-bond donors (Lipinski definition) is 1. The topological polar surface area (TPSA) is 53.0 Å². The summed E-state index contributed by atoms with van der Waals surface area (Å²) >= 11 is 0. The summed E-state index contributed by atoms with van der Waals surface area (Å²) < 4.78 is 5.46. The molecule has 1 heterocycles. The molecule has 3 rings (SSSR count). The van der Waals surface area contributed by atoms with Gasteiger partial charge in [-0.15, -0.1) is 0 Å². The molecule has 1 aliphatic heterocycles. The number of carbonyl (C=O) groups is 1. The van der Waals surface area contributed by atoms with E-state index < -0.39 is 0 Å². The van der Waals surface area contributed by atoms with Crippen molar-refractivity contribution in [3.05, 3.63) is 54.1 Å². The van der Waals surface area contributed by atoms with Crippen molar-refractivity contribution < 1.29 is 14.6 Å². The van der Waals surface area contributed by atoms with Crippen LogP contribution in [0.2, 0.25) is 0 Å². The van der Waals surface area contributed by atoms with Crippen molar-refractivity contribution in [2.75, 3.05) is 37.7 Å². The van der Waals surface area contributed by atoms with Gasteiger partial charge in [0.1, 0.15) is 11.5 Å². The highest BCUT2D eigenvalue weighted by atomic mass is 16.5. The number of piperazine rings is 1. The largest absolute Gasteiger partial charge is 0.508 e. The number of aryl methyl sites for hydroxylation is 1. The van der Waals surface area contributed by atoms with Gasteiger partial charge >= 0.3 is 0 Å². The first-order valence-corrected chi connectivity index (χ1v) is 8.13. The number of aromatic hydroxyl groups is 1. The number of hydrogen-bond acceptors (Lipinski definition) is 4. The maximum atomic E-state index is 12.3. The average Bonchev–Trinajstić information content (AvgIpc) is 2.60. The predicted octanol–water partition coefficient (Wildman–Crippen LogP) is 2.43. The van der Waals surface area contributed by atoms with Crippen molar-refractivity contribution in [3.8, 4) is 11.5 Å². The third-order valence-electron chi connectivity index (χ3n) is 4.18. The number of carbonyl (C=O) groups excluding carboxylic acids is 1. The molecule has 0 aromatic heterocycles. The summed E-state index contributed by atoms with van der Waals surface area (Å²) in [5.41, 5.74) is 2.45. The van der Waals surface area contributed by atoms with E-state index in [4.69, 9.17) is 4.74 Å². The Morgan fingerprint density at radius 3 is 2.54 bits per heavy atom. The first-order valence-electron chi connectivity index (χ1n) is 8.13.